The number of rotatable bonds is 7. The van der Waals surface area contributed by atoms with Gasteiger partial charge in [0.25, 0.3) is 0 Å². The van der Waals surface area contributed by atoms with Crippen LogP contribution < -0.4 is 14.8 Å². The highest BCUT2D eigenvalue weighted by Gasteiger charge is 2.06. The number of halogens is 1. The van der Waals surface area contributed by atoms with Crippen LogP contribution in [0.5, 0.6) is 11.5 Å². The predicted molar refractivity (Wildman–Crippen MR) is 84.0 cm³/mol. The number of nitrogens with zero attached hydrogens (tertiary/aromatic N) is 1. The van der Waals surface area contributed by atoms with Gasteiger partial charge in [0.2, 0.25) is 0 Å². The Balaban J connectivity index is 2.03. The molecule has 1 aromatic carbocycles. The molecule has 1 N–H and O–H groups in total. The van der Waals surface area contributed by atoms with Crippen LogP contribution in [0.2, 0.25) is 5.15 Å². The van der Waals surface area contributed by atoms with Crippen molar-refractivity contribution in [2.75, 3.05) is 13.7 Å². The van der Waals surface area contributed by atoms with Crippen molar-refractivity contribution in [3.63, 3.8) is 0 Å². The van der Waals surface area contributed by atoms with Gasteiger partial charge in [-0.25, -0.2) is 4.98 Å². The van der Waals surface area contributed by atoms with E-state index in [1.165, 1.54) is 0 Å². The van der Waals surface area contributed by atoms with Crippen molar-refractivity contribution in [3.05, 3.63) is 52.8 Å². The number of ether oxygens (including phenoxy) is 2. The van der Waals surface area contributed by atoms with Crippen molar-refractivity contribution in [2.24, 2.45) is 0 Å². The van der Waals surface area contributed by atoms with Crippen molar-refractivity contribution in [3.8, 4) is 11.5 Å². The van der Waals surface area contributed by atoms with Crippen molar-refractivity contribution in [2.45, 2.75) is 20.1 Å². The molecular weight excluding hydrogens is 288 g/mol. The Labute approximate surface area is 130 Å². The molecule has 0 radical (unpaired) electrons. The van der Waals surface area contributed by atoms with Gasteiger partial charge in [-0.3, -0.25) is 0 Å². The fourth-order valence-corrected chi connectivity index (χ4v) is 1.98. The van der Waals surface area contributed by atoms with Crippen LogP contribution in [0.25, 0.3) is 0 Å². The molecular formula is C16H19ClN2O2. The summed E-state index contributed by atoms with van der Waals surface area (Å²) in [6.45, 7) is 4.25. The van der Waals surface area contributed by atoms with Crippen molar-refractivity contribution >= 4 is 11.6 Å². The number of benzene rings is 1. The molecule has 0 saturated heterocycles. The van der Waals surface area contributed by atoms with Crippen molar-refractivity contribution in [1.82, 2.24) is 10.3 Å². The van der Waals surface area contributed by atoms with E-state index in [1.54, 1.807) is 19.4 Å². The second-order valence-corrected chi connectivity index (χ2v) is 4.93. The van der Waals surface area contributed by atoms with Gasteiger partial charge in [-0.05, 0) is 30.3 Å². The largest absolute Gasteiger partial charge is 0.493 e. The van der Waals surface area contributed by atoms with Gasteiger partial charge in [-0.1, -0.05) is 30.7 Å². The third-order valence-corrected chi connectivity index (χ3v) is 3.21. The van der Waals surface area contributed by atoms with Gasteiger partial charge >= 0.3 is 0 Å². The van der Waals surface area contributed by atoms with Gasteiger partial charge in [-0.2, -0.15) is 0 Å². The Morgan fingerprint density at radius 2 is 1.95 bits per heavy atom. The Hall–Kier alpha value is -1.78. The SMILES string of the molecule is CCNCc1ccc(OCc2ccc(Cl)nc2)c(OC)c1. The fraction of sp³-hybridized carbons (Fsp3) is 0.312. The van der Waals surface area contributed by atoms with Crippen molar-refractivity contribution < 1.29 is 9.47 Å². The minimum absolute atomic E-state index is 0.424. The van der Waals surface area contributed by atoms with Crippen LogP contribution in [-0.4, -0.2) is 18.6 Å². The molecule has 5 heteroatoms. The van der Waals surface area contributed by atoms with Gasteiger partial charge in [0.05, 0.1) is 7.11 Å². The third kappa shape index (κ3) is 4.62. The third-order valence-electron chi connectivity index (χ3n) is 2.99. The molecule has 0 unspecified atom stereocenters. The van der Waals surface area contributed by atoms with Crippen LogP contribution in [-0.2, 0) is 13.2 Å². The van der Waals surface area contributed by atoms with Gasteiger partial charge < -0.3 is 14.8 Å². The topological polar surface area (TPSA) is 43.4 Å². The summed E-state index contributed by atoms with van der Waals surface area (Å²) < 4.78 is 11.2. The molecule has 0 atom stereocenters. The molecule has 112 valence electrons. The molecule has 0 aliphatic rings. The van der Waals surface area contributed by atoms with E-state index >= 15 is 0 Å². The maximum atomic E-state index is 5.78. The van der Waals surface area contributed by atoms with E-state index in [1.807, 2.05) is 24.3 Å². The Kier molecular flexibility index (Phi) is 5.84. The van der Waals surface area contributed by atoms with E-state index < -0.39 is 0 Å². The summed E-state index contributed by atoms with van der Waals surface area (Å²) in [7, 11) is 1.64. The summed E-state index contributed by atoms with van der Waals surface area (Å²) in [6.07, 6.45) is 1.70. The van der Waals surface area contributed by atoms with Crippen LogP contribution in [0, 0.1) is 0 Å². The van der Waals surface area contributed by atoms with Crippen LogP contribution in [0.3, 0.4) is 0 Å². The molecule has 1 heterocycles. The first kappa shape index (κ1) is 15.6. The fourth-order valence-electron chi connectivity index (χ4n) is 1.86. The van der Waals surface area contributed by atoms with Gasteiger partial charge in [0.1, 0.15) is 11.8 Å². The molecule has 1 aromatic heterocycles. The molecule has 0 spiro atoms. The van der Waals surface area contributed by atoms with E-state index in [2.05, 4.69) is 17.2 Å². The van der Waals surface area contributed by atoms with E-state index in [-0.39, 0.29) is 0 Å². The maximum absolute atomic E-state index is 5.78. The number of pyridine rings is 1. The lowest BCUT2D eigenvalue weighted by atomic mass is 10.2. The Morgan fingerprint density at radius 1 is 1.14 bits per heavy atom. The molecule has 2 aromatic rings. The predicted octanol–water partition coefficient (Wildman–Crippen LogP) is 3.43. The van der Waals surface area contributed by atoms with E-state index in [0.29, 0.717) is 17.5 Å². The lowest BCUT2D eigenvalue weighted by molar-refractivity contribution is 0.284. The first-order chi connectivity index (χ1) is 10.2. The lowest BCUT2D eigenvalue weighted by Crippen LogP contribution is -2.11. The molecule has 0 fully saturated rings. The van der Waals surface area contributed by atoms with Crippen LogP contribution in [0.15, 0.2) is 36.5 Å². The number of nitrogens with one attached hydrogen (secondary N) is 1. The monoisotopic (exact) mass is 306 g/mol. The summed E-state index contributed by atoms with van der Waals surface area (Å²) in [5.41, 5.74) is 2.12. The smallest absolute Gasteiger partial charge is 0.161 e. The molecule has 21 heavy (non-hydrogen) atoms. The highest BCUT2D eigenvalue weighted by Crippen LogP contribution is 2.28. The zero-order valence-electron chi connectivity index (χ0n) is 12.2. The number of hydrogen-bond acceptors (Lipinski definition) is 4. The average Bonchev–Trinajstić information content (AvgIpc) is 2.52. The molecule has 0 aliphatic carbocycles. The Bertz CT molecular complexity index is 573. The highest BCUT2D eigenvalue weighted by molar-refractivity contribution is 6.29. The molecule has 0 bridgehead atoms. The Morgan fingerprint density at radius 3 is 2.62 bits per heavy atom. The zero-order chi connectivity index (χ0) is 15.1. The second kappa shape index (κ2) is 7.86. The number of hydrogen-bond donors (Lipinski definition) is 1. The van der Waals surface area contributed by atoms with Crippen LogP contribution in [0.1, 0.15) is 18.1 Å². The van der Waals surface area contributed by atoms with E-state index in [4.69, 9.17) is 21.1 Å². The molecule has 4 nitrogen and oxygen atoms in total. The van der Waals surface area contributed by atoms with Crippen LogP contribution >= 0.6 is 11.6 Å². The zero-order valence-corrected chi connectivity index (χ0v) is 13.0. The second-order valence-electron chi connectivity index (χ2n) is 4.54. The van der Waals surface area contributed by atoms with E-state index in [9.17, 15) is 0 Å². The van der Waals surface area contributed by atoms with Crippen LogP contribution in [0.4, 0.5) is 0 Å². The van der Waals surface area contributed by atoms with Gasteiger partial charge in [-0.15, -0.1) is 0 Å². The first-order valence-electron chi connectivity index (χ1n) is 6.83. The van der Waals surface area contributed by atoms with Gasteiger partial charge in [0, 0.05) is 18.3 Å². The quantitative estimate of drug-likeness (QED) is 0.796. The van der Waals surface area contributed by atoms with E-state index in [0.717, 1.165) is 30.0 Å². The molecule has 0 amide bonds. The first-order valence-corrected chi connectivity index (χ1v) is 7.21. The number of methoxy groups -OCH3 is 1. The summed E-state index contributed by atoms with van der Waals surface area (Å²) in [6, 6.07) is 9.58. The van der Waals surface area contributed by atoms with Gasteiger partial charge in [0.15, 0.2) is 11.5 Å². The molecule has 0 saturated carbocycles. The number of aromatic nitrogens is 1. The highest BCUT2D eigenvalue weighted by atomic mass is 35.5. The maximum Gasteiger partial charge on any atom is 0.161 e. The standard InChI is InChI=1S/C16H19ClN2O2/c1-3-18-9-12-4-6-14(15(8-12)20-2)21-11-13-5-7-16(17)19-10-13/h4-8,10,18H,3,9,11H2,1-2H3. The summed E-state index contributed by atoms with van der Waals surface area (Å²) in [4.78, 5) is 4.03. The minimum Gasteiger partial charge on any atom is -0.493 e. The summed E-state index contributed by atoms with van der Waals surface area (Å²) in [5.74, 6) is 1.44. The average molecular weight is 307 g/mol. The minimum atomic E-state index is 0.424. The molecule has 0 aliphatic heterocycles. The summed E-state index contributed by atoms with van der Waals surface area (Å²) >= 11 is 5.76. The summed E-state index contributed by atoms with van der Waals surface area (Å²) in [5, 5.41) is 3.76. The van der Waals surface area contributed by atoms with Crippen molar-refractivity contribution in [1.29, 1.82) is 0 Å². The lowest BCUT2D eigenvalue weighted by Gasteiger charge is -2.12. The normalized spacial score (nSPS) is 10.4. The molecule has 2 rings (SSSR count).